The number of quaternary nitrogens is 2. The van der Waals surface area contributed by atoms with Crippen molar-refractivity contribution in [1.29, 1.82) is 0 Å². The third-order valence-electron chi connectivity index (χ3n) is 4.66. The molecule has 1 heterocycles. The second-order valence-electron chi connectivity index (χ2n) is 6.47. The number of aromatic hydroxyl groups is 1. The molecule has 0 aromatic heterocycles. The number of phenols is 1. The molecular weight excluding hydrogens is 320 g/mol. The van der Waals surface area contributed by atoms with E-state index in [1.165, 1.54) is 10.5 Å². The van der Waals surface area contributed by atoms with Crippen molar-refractivity contribution in [2.24, 2.45) is 0 Å². The van der Waals surface area contributed by atoms with Crippen molar-refractivity contribution in [3.63, 3.8) is 0 Å². The van der Waals surface area contributed by atoms with Gasteiger partial charge in [0.15, 0.2) is 0 Å². The number of nitrogens with one attached hydrogen (secondary N) is 2. The molecule has 3 rings (SSSR count). The minimum absolute atomic E-state index is 0.354. The maximum absolute atomic E-state index is 9.96. The van der Waals surface area contributed by atoms with Crippen LogP contribution in [0.5, 0.6) is 5.75 Å². The van der Waals surface area contributed by atoms with E-state index >= 15 is 0 Å². The van der Waals surface area contributed by atoms with Gasteiger partial charge in [-0.3, -0.25) is 0 Å². The zero-order valence-electron chi connectivity index (χ0n) is 13.8. The lowest BCUT2D eigenvalue weighted by atomic mass is 10.1. The highest BCUT2D eigenvalue weighted by molar-refractivity contribution is 6.30. The summed E-state index contributed by atoms with van der Waals surface area (Å²) in [5.74, 6) is 0.354. The Morgan fingerprint density at radius 1 is 0.958 bits per heavy atom. The maximum atomic E-state index is 9.96. The quantitative estimate of drug-likeness (QED) is 0.743. The first-order valence-electron chi connectivity index (χ1n) is 8.57. The Morgan fingerprint density at radius 3 is 2.42 bits per heavy atom. The van der Waals surface area contributed by atoms with Gasteiger partial charge in [0, 0.05) is 10.6 Å². The second-order valence-corrected chi connectivity index (χ2v) is 6.90. The molecule has 0 aliphatic carbocycles. The van der Waals surface area contributed by atoms with Gasteiger partial charge in [-0.2, -0.15) is 0 Å². The molecule has 0 radical (unpaired) electrons. The van der Waals surface area contributed by atoms with Crippen LogP contribution in [0.25, 0.3) is 6.08 Å². The fourth-order valence-corrected chi connectivity index (χ4v) is 3.42. The van der Waals surface area contributed by atoms with E-state index in [0.717, 1.165) is 44.8 Å². The Bertz CT molecular complexity index is 679. The molecule has 126 valence electrons. The number of rotatable bonds is 5. The Balaban J connectivity index is 1.46. The zero-order valence-corrected chi connectivity index (χ0v) is 14.6. The Hall–Kier alpha value is -1.81. The molecule has 0 bridgehead atoms. The van der Waals surface area contributed by atoms with Crippen LogP contribution < -0.4 is 9.80 Å². The molecule has 0 amide bonds. The van der Waals surface area contributed by atoms with Crippen molar-refractivity contribution in [2.45, 2.75) is 6.54 Å². The molecule has 1 aliphatic rings. The lowest BCUT2D eigenvalue weighted by Crippen LogP contribution is -3.27. The van der Waals surface area contributed by atoms with Gasteiger partial charge in [-0.05, 0) is 29.8 Å². The molecule has 0 spiro atoms. The average Bonchev–Trinajstić information content (AvgIpc) is 2.61. The van der Waals surface area contributed by atoms with Gasteiger partial charge in [-0.1, -0.05) is 48.0 Å². The molecular formula is C20H25ClN2O+2. The minimum atomic E-state index is 0.354. The van der Waals surface area contributed by atoms with Crippen LogP contribution in [0.15, 0.2) is 54.6 Å². The molecule has 1 fully saturated rings. The first-order chi connectivity index (χ1) is 11.7. The average molecular weight is 345 g/mol. The summed E-state index contributed by atoms with van der Waals surface area (Å²) in [4.78, 5) is 3.14. The maximum Gasteiger partial charge on any atom is 0.127 e. The van der Waals surface area contributed by atoms with Gasteiger partial charge >= 0.3 is 0 Å². The van der Waals surface area contributed by atoms with E-state index in [9.17, 15) is 5.11 Å². The predicted molar refractivity (Wildman–Crippen MR) is 98.6 cm³/mol. The number of phenolic OH excluding ortho intramolecular Hbond substituents is 1. The van der Waals surface area contributed by atoms with Gasteiger partial charge in [-0.15, -0.1) is 0 Å². The summed E-state index contributed by atoms with van der Waals surface area (Å²) in [5.41, 5.74) is 2.21. The number of hydrogen-bond acceptors (Lipinski definition) is 1. The van der Waals surface area contributed by atoms with Gasteiger partial charge in [0.05, 0.1) is 6.54 Å². The highest BCUT2D eigenvalue weighted by Crippen LogP contribution is 2.20. The summed E-state index contributed by atoms with van der Waals surface area (Å²) in [6.45, 7) is 6.50. The van der Waals surface area contributed by atoms with Crippen molar-refractivity contribution in [3.8, 4) is 5.75 Å². The fourth-order valence-electron chi connectivity index (χ4n) is 3.23. The van der Waals surface area contributed by atoms with E-state index in [1.54, 1.807) is 17.0 Å². The highest BCUT2D eigenvalue weighted by atomic mass is 35.5. The number of hydrogen-bond donors (Lipinski definition) is 3. The molecule has 3 nitrogen and oxygen atoms in total. The Morgan fingerprint density at radius 2 is 1.67 bits per heavy atom. The lowest BCUT2D eigenvalue weighted by Gasteiger charge is -2.29. The molecule has 0 saturated carbocycles. The monoisotopic (exact) mass is 344 g/mol. The first kappa shape index (κ1) is 17.0. The van der Waals surface area contributed by atoms with Gasteiger partial charge in [0.1, 0.15) is 38.5 Å². The summed E-state index contributed by atoms with van der Waals surface area (Å²) in [6.07, 6.45) is 4.48. The molecule has 4 heteroatoms. The summed E-state index contributed by atoms with van der Waals surface area (Å²) in [5, 5.41) is 10.6. The number of halogens is 1. The van der Waals surface area contributed by atoms with Crippen LogP contribution in [0.1, 0.15) is 11.1 Å². The van der Waals surface area contributed by atoms with Crippen molar-refractivity contribution < 1.29 is 14.9 Å². The summed E-state index contributed by atoms with van der Waals surface area (Å²) in [7, 11) is 0. The van der Waals surface area contributed by atoms with Crippen LogP contribution in [-0.2, 0) is 6.54 Å². The van der Waals surface area contributed by atoms with Crippen molar-refractivity contribution in [3.05, 3.63) is 70.8 Å². The molecule has 2 aromatic carbocycles. The summed E-state index contributed by atoms with van der Waals surface area (Å²) >= 11 is 6.03. The van der Waals surface area contributed by atoms with Crippen LogP contribution >= 0.6 is 11.6 Å². The second kappa shape index (κ2) is 8.34. The highest BCUT2D eigenvalue weighted by Gasteiger charge is 2.22. The topological polar surface area (TPSA) is 29.1 Å². The third-order valence-corrected chi connectivity index (χ3v) is 4.90. The zero-order chi connectivity index (χ0) is 16.8. The van der Waals surface area contributed by atoms with E-state index in [4.69, 9.17) is 11.6 Å². The van der Waals surface area contributed by atoms with Crippen molar-refractivity contribution in [2.75, 3.05) is 32.7 Å². The van der Waals surface area contributed by atoms with E-state index in [-0.39, 0.29) is 0 Å². The Kier molecular flexibility index (Phi) is 5.91. The standard InChI is InChI=1S/C20H23ClN2O/c21-19-8-9-20(24)18(15-19)16-23-13-11-22(12-14-23)10-4-7-17-5-2-1-3-6-17/h1-9,15,24H,10-14,16H2/p+2/b7-4+. The smallest absolute Gasteiger partial charge is 0.127 e. The van der Waals surface area contributed by atoms with Gasteiger partial charge in [-0.25, -0.2) is 0 Å². The molecule has 0 unspecified atom stereocenters. The fraction of sp³-hybridized carbons (Fsp3) is 0.300. The van der Waals surface area contributed by atoms with E-state index < -0.39 is 0 Å². The Labute approximate surface area is 148 Å². The minimum Gasteiger partial charge on any atom is -0.507 e. The van der Waals surface area contributed by atoms with Crippen LogP contribution in [0.3, 0.4) is 0 Å². The van der Waals surface area contributed by atoms with Crippen molar-refractivity contribution in [1.82, 2.24) is 0 Å². The lowest BCUT2D eigenvalue weighted by molar-refractivity contribution is -1.02. The van der Waals surface area contributed by atoms with E-state index in [0.29, 0.717) is 10.8 Å². The summed E-state index contributed by atoms with van der Waals surface area (Å²) < 4.78 is 0. The molecule has 24 heavy (non-hydrogen) atoms. The van der Waals surface area contributed by atoms with Crippen molar-refractivity contribution >= 4 is 17.7 Å². The van der Waals surface area contributed by atoms with Gasteiger partial charge in [0.2, 0.25) is 0 Å². The van der Waals surface area contributed by atoms with Crippen LogP contribution in [0.4, 0.5) is 0 Å². The molecule has 1 saturated heterocycles. The van der Waals surface area contributed by atoms with Gasteiger partial charge < -0.3 is 14.9 Å². The molecule has 2 aromatic rings. The normalized spacial score (nSPS) is 21.2. The van der Waals surface area contributed by atoms with Crippen LogP contribution in [0, 0.1) is 0 Å². The molecule has 1 aliphatic heterocycles. The first-order valence-corrected chi connectivity index (χ1v) is 8.94. The predicted octanol–water partition coefficient (Wildman–Crippen LogP) is 1.04. The van der Waals surface area contributed by atoms with E-state index in [2.05, 4.69) is 36.4 Å². The number of benzene rings is 2. The largest absolute Gasteiger partial charge is 0.507 e. The van der Waals surface area contributed by atoms with E-state index in [1.807, 2.05) is 12.1 Å². The third kappa shape index (κ3) is 4.84. The van der Waals surface area contributed by atoms with Crippen LogP contribution in [-0.4, -0.2) is 37.8 Å². The molecule has 0 atom stereocenters. The molecule has 3 N–H and O–H groups in total. The number of piperazine rings is 1. The van der Waals surface area contributed by atoms with Gasteiger partial charge in [0.25, 0.3) is 0 Å². The van der Waals surface area contributed by atoms with Crippen LogP contribution in [0.2, 0.25) is 5.02 Å². The SMILES string of the molecule is Oc1ccc(Cl)cc1C[NH+]1CC[NH+](C/C=C/c2ccccc2)CC1. The summed E-state index contributed by atoms with van der Waals surface area (Å²) in [6, 6.07) is 15.7.